The highest BCUT2D eigenvalue weighted by molar-refractivity contribution is 4.86. The van der Waals surface area contributed by atoms with Crippen LogP contribution >= 0.6 is 0 Å². The summed E-state index contributed by atoms with van der Waals surface area (Å²) < 4.78 is 0. The SMILES string of the molecule is CC(C)C(C)N(C)CC1CC(C)(C)CCC1O. The third-order valence-electron chi connectivity index (χ3n) is 4.66. The van der Waals surface area contributed by atoms with E-state index < -0.39 is 0 Å². The predicted octanol–water partition coefficient (Wildman–Crippen LogP) is 3.15. The minimum Gasteiger partial charge on any atom is -0.393 e. The number of nitrogens with zero attached hydrogens (tertiary/aromatic N) is 1. The minimum atomic E-state index is -0.0927. The first kappa shape index (κ1) is 15.0. The molecule has 0 aromatic carbocycles. The van der Waals surface area contributed by atoms with Crippen LogP contribution in [0.2, 0.25) is 0 Å². The molecule has 0 aromatic heterocycles. The van der Waals surface area contributed by atoms with Crippen molar-refractivity contribution in [2.75, 3.05) is 13.6 Å². The highest BCUT2D eigenvalue weighted by atomic mass is 16.3. The standard InChI is InChI=1S/C15H31NO/c1-11(2)12(3)16(6)10-13-9-15(4,5)8-7-14(13)17/h11-14,17H,7-10H2,1-6H3. The van der Waals surface area contributed by atoms with E-state index in [-0.39, 0.29) is 6.10 Å². The number of aliphatic hydroxyl groups excluding tert-OH is 1. The summed E-state index contributed by atoms with van der Waals surface area (Å²) in [5.74, 6) is 1.12. The van der Waals surface area contributed by atoms with Gasteiger partial charge in [-0.1, -0.05) is 27.7 Å². The summed E-state index contributed by atoms with van der Waals surface area (Å²) in [6.07, 6.45) is 3.20. The monoisotopic (exact) mass is 241 g/mol. The molecule has 0 amide bonds. The van der Waals surface area contributed by atoms with Gasteiger partial charge in [-0.25, -0.2) is 0 Å². The normalized spacial score (nSPS) is 30.9. The van der Waals surface area contributed by atoms with Crippen molar-refractivity contribution in [3.8, 4) is 0 Å². The van der Waals surface area contributed by atoms with Gasteiger partial charge >= 0.3 is 0 Å². The molecule has 3 unspecified atom stereocenters. The summed E-state index contributed by atoms with van der Waals surface area (Å²) in [6.45, 7) is 12.5. The fourth-order valence-corrected chi connectivity index (χ4v) is 2.95. The molecule has 3 atom stereocenters. The number of hydrogen-bond acceptors (Lipinski definition) is 2. The van der Waals surface area contributed by atoms with Crippen molar-refractivity contribution in [3.63, 3.8) is 0 Å². The molecule has 1 aliphatic rings. The van der Waals surface area contributed by atoms with E-state index in [1.807, 2.05) is 0 Å². The van der Waals surface area contributed by atoms with Crippen LogP contribution in [0.4, 0.5) is 0 Å². The van der Waals surface area contributed by atoms with Gasteiger partial charge in [0, 0.05) is 12.6 Å². The van der Waals surface area contributed by atoms with Crippen LogP contribution < -0.4 is 0 Å². The second kappa shape index (κ2) is 5.71. The van der Waals surface area contributed by atoms with Crippen LogP contribution in [0.5, 0.6) is 0 Å². The average molecular weight is 241 g/mol. The van der Waals surface area contributed by atoms with E-state index in [1.165, 1.54) is 0 Å². The van der Waals surface area contributed by atoms with Gasteiger partial charge in [0.15, 0.2) is 0 Å². The molecule has 1 aliphatic carbocycles. The van der Waals surface area contributed by atoms with Crippen LogP contribution in [0.1, 0.15) is 53.9 Å². The fraction of sp³-hybridized carbons (Fsp3) is 1.00. The van der Waals surface area contributed by atoms with Gasteiger partial charge < -0.3 is 10.0 Å². The van der Waals surface area contributed by atoms with Crippen LogP contribution in [0, 0.1) is 17.3 Å². The Hall–Kier alpha value is -0.0800. The first-order valence-corrected chi connectivity index (χ1v) is 7.11. The van der Waals surface area contributed by atoms with Crippen molar-refractivity contribution in [1.29, 1.82) is 0 Å². The summed E-state index contributed by atoms with van der Waals surface area (Å²) >= 11 is 0. The molecule has 0 aliphatic heterocycles. The quantitative estimate of drug-likeness (QED) is 0.817. The van der Waals surface area contributed by atoms with E-state index in [0.717, 1.165) is 25.8 Å². The van der Waals surface area contributed by atoms with E-state index in [0.29, 0.717) is 23.3 Å². The Balaban J connectivity index is 2.54. The third-order valence-corrected chi connectivity index (χ3v) is 4.66. The molecule has 0 spiro atoms. The molecule has 0 radical (unpaired) electrons. The Morgan fingerprint density at radius 1 is 1.29 bits per heavy atom. The average Bonchev–Trinajstić information content (AvgIpc) is 2.21. The summed E-state index contributed by atoms with van der Waals surface area (Å²) in [6, 6.07) is 0.590. The Morgan fingerprint density at radius 2 is 1.88 bits per heavy atom. The summed E-state index contributed by atoms with van der Waals surface area (Å²) in [5.41, 5.74) is 0.409. The van der Waals surface area contributed by atoms with E-state index in [9.17, 15) is 5.11 Å². The number of hydrogen-bond donors (Lipinski definition) is 1. The van der Waals surface area contributed by atoms with Gasteiger partial charge in [-0.2, -0.15) is 0 Å². The lowest BCUT2D eigenvalue weighted by Gasteiger charge is -2.41. The second-order valence-corrected chi connectivity index (χ2v) is 7.16. The molecule has 1 rings (SSSR count). The molecule has 2 nitrogen and oxygen atoms in total. The lowest BCUT2D eigenvalue weighted by atomic mass is 9.70. The summed E-state index contributed by atoms with van der Waals surface area (Å²) in [5, 5.41) is 10.1. The molecule has 17 heavy (non-hydrogen) atoms. The first-order valence-electron chi connectivity index (χ1n) is 7.11. The van der Waals surface area contributed by atoms with Gasteiger partial charge in [-0.05, 0) is 50.5 Å². The lowest BCUT2D eigenvalue weighted by molar-refractivity contribution is 0.000356. The lowest BCUT2D eigenvalue weighted by Crippen LogP contribution is -2.43. The molecule has 2 heteroatoms. The maximum absolute atomic E-state index is 10.1. The van der Waals surface area contributed by atoms with Gasteiger partial charge in [0.25, 0.3) is 0 Å². The van der Waals surface area contributed by atoms with Gasteiger partial charge in [0.1, 0.15) is 0 Å². The molecule has 0 saturated heterocycles. The van der Waals surface area contributed by atoms with E-state index in [1.54, 1.807) is 0 Å². The van der Waals surface area contributed by atoms with Gasteiger partial charge in [-0.3, -0.25) is 0 Å². The van der Waals surface area contributed by atoms with Crippen molar-refractivity contribution in [2.24, 2.45) is 17.3 Å². The third kappa shape index (κ3) is 4.26. The molecule has 102 valence electrons. The first-order chi connectivity index (χ1) is 7.73. The van der Waals surface area contributed by atoms with Gasteiger partial charge in [-0.15, -0.1) is 0 Å². The van der Waals surface area contributed by atoms with Gasteiger partial charge in [0.05, 0.1) is 6.10 Å². The van der Waals surface area contributed by atoms with E-state index in [2.05, 4.69) is 46.6 Å². The number of aliphatic hydroxyl groups is 1. The molecule has 1 saturated carbocycles. The Kier molecular flexibility index (Phi) is 5.03. The molecule has 0 bridgehead atoms. The minimum absolute atomic E-state index is 0.0927. The molecule has 1 N–H and O–H groups in total. The Morgan fingerprint density at radius 3 is 2.41 bits per heavy atom. The zero-order valence-corrected chi connectivity index (χ0v) is 12.5. The van der Waals surface area contributed by atoms with Crippen molar-refractivity contribution < 1.29 is 5.11 Å². The van der Waals surface area contributed by atoms with Crippen molar-refractivity contribution in [3.05, 3.63) is 0 Å². The van der Waals surface area contributed by atoms with Crippen molar-refractivity contribution >= 4 is 0 Å². The Bertz CT molecular complexity index is 237. The highest BCUT2D eigenvalue weighted by Gasteiger charge is 2.34. The fourth-order valence-electron chi connectivity index (χ4n) is 2.95. The molecular weight excluding hydrogens is 210 g/mol. The van der Waals surface area contributed by atoms with Crippen molar-refractivity contribution in [2.45, 2.75) is 66.0 Å². The van der Waals surface area contributed by atoms with Crippen LogP contribution in [0.3, 0.4) is 0 Å². The zero-order chi connectivity index (χ0) is 13.2. The summed E-state index contributed by atoms with van der Waals surface area (Å²) in [7, 11) is 2.19. The van der Waals surface area contributed by atoms with E-state index >= 15 is 0 Å². The maximum Gasteiger partial charge on any atom is 0.0581 e. The zero-order valence-electron chi connectivity index (χ0n) is 12.5. The maximum atomic E-state index is 10.1. The number of rotatable bonds is 4. The smallest absolute Gasteiger partial charge is 0.0581 e. The topological polar surface area (TPSA) is 23.5 Å². The van der Waals surface area contributed by atoms with E-state index in [4.69, 9.17) is 0 Å². The summed E-state index contributed by atoms with van der Waals surface area (Å²) in [4.78, 5) is 2.42. The molecular formula is C15H31NO. The Labute approximate surface area is 107 Å². The molecule has 0 heterocycles. The highest BCUT2D eigenvalue weighted by Crippen LogP contribution is 2.39. The van der Waals surface area contributed by atoms with Gasteiger partial charge in [0.2, 0.25) is 0 Å². The van der Waals surface area contributed by atoms with Crippen LogP contribution in [-0.4, -0.2) is 35.7 Å². The second-order valence-electron chi connectivity index (χ2n) is 7.16. The van der Waals surface area contributed by atoms with Crippen LogP contribution in [0.15, 0.2) is 0 Å². The largest absolute Gasteiger partial charge is 0.393 e. The van der Waals surface area contributed by atoms with Crippen molar-refractivity contribution in [1.82, 2.24) is 4.90 Å². The van der Waals surface area contributed by atoms with Crippen LogP contribution in [-0.2, 0) is 0 Å². The molecule has 1 fully saturated rings. The molecule has 0 aromatic rings. The van der Waals surface area contributed by atoms with Crippen LogP contribution in [0.25, 0.3) is 0 Å². The predicted molar refractivity (Wildman–Crippen MR) is 74.1 cm³/mol.